The van der Waals surface area contributed by atoms with Crippen molar-refractivity contribution in [2.24, 2.45) is 0 Å². The Morgan fingerprint density at radius 2 is 2.17 bits per heavy atom. The van der Waals surface area contributed by atoms with Gasteiger partial charge in [-0.1, -0.05) is 12.1 Å². The number of aromatic amines is 1. The van der Waals surface area contributed by atoms with Gasteiger partial charge in [-0.3, -0.25) is 4.79 Å². The summed E-state index contributed by atoms with van der Waals surface area (Å²) in [5.41, 5.74) is 0.108. The van der Waals surface area contributed by atoms with E-state index in [-0.39, 0.29) is 11.3 Å². The molecule has 0 aliphatic carbocycles. The van der Waals surface area contributed by atoms with Crippen LogP contribution in [0, 0.1) is 5.82 Å². The number of halogens is 1. The first kappa shape index (κ1) is 12.0. The molecule has 4 nitrogen and oxygen atoms in total. The lowest BCUT2D eigenvalue weighted by Crippen LogP contribution is -2.05. The second kappa shape index (κ2) is 5.27. The average Bonchev–Trinajstić information content (AvgIpc) is 2.38. The smallest absolute Gasteiger partial charge is 0.251 e. The van der Waals surface area contributed by atoms with Gasteiger partial charge < -0.3 is 9.72 Å². The van der Waals surface area contributed by atoms with Gasteiger partial charge in [-0.2, -0.15) is 0 Å². The number of H-pyrrole nitrogens is 1. The molecule has 0 bridgehead atoms. The Kier molecular flexibility index (Phi) is 3.52. The first-order chi connectivity index (χ1) is 8.70. The third-order valence-corrected chi connectivity index (χ3v) is 2.32. The number of ether oxygens (including phenoxy) is 1. The molecular formula is C13H11FN2O2. The highest BCUT2D eigenvalue weighted by Gasteiger charge is 2.05. The summed E-state index contributed by atoms with van der Waals surface area (Å²) in [4.78, 5) is 17.5. The first-order valence-corrected chi connectivity index (χ1v) is 5.26. The van der Waals surface area contributed by atoms with Gasteiger partial charge in [0, 0.05) is 17.8 Å². The number of benzene rings is 1. The maximum absolute atomic E-state index is 13.8. The Morgan fingerprint density at radius 3 is 2.89 bits per heavy atom. The minimum atomic E-state index is -0.450. The van der Waals surface area contributed by atoms with Gasteiger partial charge in [-0.25, -0.2) is 9.37 Å². The van der Waals surface area contributed by atoms with Crippen molar-refractivity contribution in [3.63, 3.8) is 0 Å². The second-order valence-corrected chi connectivity index (χ2v) is 3.52. The fourth-order valence-electron chi connectivity index (χ4n) is 1.45. The van der Waals surface area contributed by atoms with Gasteiger partial charge in [0.1, 0.15) is 5.82 Å². The van der Waals surface area contributed by atoms with Gasteiger partial charge in [0.05, 0.1) is 7.11 Å². The van der Waals surface area contributed by atoms with Crippen molar-refractivity contribution in [3.8, 4) is 5.75 Å². The van der Waals surface area contributed by atoms with Gasteiger partial charge in [-0.15, -0.1) is 0 Å². The number of aromatic nitrogens is 2. The molecule has 0 radical (unpaired) electrons. The minimum Gasteiger partial charge on any atom is -0.494 e. The molecule has 18 heavy (non-hydrogen) atoms. The maximum atomic E-state index is 13.8. The highest BCUT2D eigenvalue weighted by Crippen LogP contribution is 2.21. The van der Waals surface area contributed by atoms with Crippen molar-refractivity contribution in [1.29, 1.82) is 0 Å². The average molecular weight is 246 g/mol. The molecule has 0 atom stereocenters. The molecule has 1 aromatic heterocycles. The van der Waals surface area contributed by atoms with E-state index in [0.717, 1.165) is 0 Å². The SMILES string of the molecule is COc1cccc(/C=C/c2nccc(=O)[nH]2)c1F. The molecule has 1 N–H and O–H groups in total. The monoisotopic (exact) mass is 246 g/mol. The van der Waals surface area contributed by atoms with Gasteiger partial charge in [0.25, 0.3) is 5.56 Å². The number of methoxy groups -OCH3 is 1. The quantitative estimate of drug-likeness (QED) is 0.902. The Balaban J connectivity index is 2.32. The van der Waals surface area contributed by atoms with Crippen LogP contribution in [0.25, 0.3) is 12.2 Å². The summed E-state index contributed by atoms with van der Waals surface area (Å²) >= 11 is 0. The zero-order chi connectivity index (χ0) is 13.0. The molecule has 2 aromatic rings. The van der Waals surface area contributed by atoms with Crippen LogP contribution in [0.5, 0.6) is 5.75 Å². The summed E-state index contributed by atoms with van der Waals surface area (Å²) in [6.45, 7) is 0. The van der Waals surface area contributed by atoms with E-state index < -0.39 is 5.82 Å². The van der Waals surface area contributed by atoms with E-state index in [1.165, 1.54) is 37.6 Å². The largest absolute Gasteiger partial charge is 0.494 e. The predicted octanol–water partition coefficient (Wildman–Crippen LogP) is 2.09. The minimum absolute atomic E-state index is 0.173. The number of nitrogens with one attached hydrogen (secondary N) is 1. The molecule has 1 heterocycles. The van der Waals surface area contributed by atoms with E-state index in [9.17, 15) is 9.18 Å². The third-order valence-electron chi connectivity index (χ3n) is 2.32. The molecule has 0 saturated heterocycles. The van der Waals surface area contributed by atoms with Gasteiger partial charge in [0.2, 0.25) is 0 Å². The van der Waals surface area contributed by atoms with E-state index in [2.05, 4.69) is 9.97 Å². The fraction of sp³-hybridized carbons (Fsp3) is 0.0769. The lowest BCUT2D eigenvalue weighted by Gasteiger charge is -2.03. The summed E-state index contributed by atoms with van der Waals surface area (Å²) in [5, 5.41) is 0. The third kappa shape index (κ3) is 2.63. The van der Waals surface area contributed by atoms with Crippen molar-refractivity contribution in [2.75, 3.05) is 7.11 Å². The Morgan fingerprint density at radius 1 is 1.33 bits per heavy atom. The molecule has 0 spiro atoms. The van der Waals surface area contributed by atoms with Crippen LogP contribution in [-0.4, -0.2) is 17.1 Å². The van der Waals surface area contributed by atoms with Crippen molar-refractivity contribution in [1.82, 2.24) is 9.97 Å². The summed E-state index contributed by atoms with van der Waals surface area (Å²) in [6, 6.07) is 6.14. The van der Waals surface area contributed by atoms with Gasteiger partial charge >= 0.3 is 0 Å². The zero-order valence-electron chi connectivity index (χ0n) is 9.68. The molecule has 5 heteroatoms. The van der Waals surface area contributed by atoms with Crippen LogP contribution in [0.2, 0.25) is 0 Å². The normalized spacial score (nSPS) is 10.8. The molecule has 2 rings (SSSR count). The number of rotatable bonds is 3. The van der Waals surface area contributed by atoms with E-state index in [0.29, 0.717) is 11.4 Å². The molecule has 0 aliphatic heterocycles. The number of nitrogens with zero attached hydrogens (tertiary/aromatic N) is 1. The van der Waals surface area contributed by atoms with Crippen LogP contribution in [0.1, 0.15) is 11.4 Å². The van der Waals surface area contributed by atoms with Crippen molar-refractivity contribution < 1.29 is 9.13 Å². The van der Waals surface area contributed by atoms with Gasteiger partial charge in [-0.05, 0) is 18.2 Å². The standard InChI is InChI=1S/C13H11FN2O2/c1-18-10-4-2-3-9(13(10)14)5-6-11-15-8-7-12(17)16-11/h2-8H,1H3,(H,15,16,17)/b6-5+. The first-order valence-electron chi connectivity index (χ1n) is 5.26. The van der Waals surface area contributed by atoms with Crippen molar-refractivity contribution >= 4 is 12.2 Å². The van der Waals surface area contributed by atoms with E-state index in [4.69, 9.17) is 4.74 Å². The lowest BCUT2D eigenvalue weighted by molar-refractivity contribution is 0.386. The van der Waals surface area contributed by atoms with Crippen molar-refractivity contribution in [2.45, 2.75) is 0 Å². The van der Waals surface area contributed by atoms with Crippen molar-refractivity contribution in [3.05, 3.63) is 58.0 Å². The molecule has 1 aromatic carbocycles. The maximum Gasteiger partial charge on any atom is 0.251 e. The predicted molar refractivity (Wildman–Crippen MR) is 66.7 cm³/mol. The van der Waals surface area contributed by atoms with E-state index in [1.807, 2.05) is 0 Å². The lowest BCUT2D eigenvalue weighted by atomic mass is 10.2. The summed E-state index contributed by atoms with van der Waals surface area (Å²) in [5.74, 6) is 0.0888. The van der Waals surface area contributed by atoms with Crippen LogP contribution < -0.4 is 10.3 Å². The van der Waals surface area contributed by atoms with Gasteiger partial charge in [0.15, 0.2) is 11.6 Å². The van der Waals surface area contributed by atoms with E-state index >= 15 is 0 Å². The molecule has 0 saturated carbocycles. The molecule has 92 valence electrons. The molecule has 0 fully saturated rings. The topological polar surface area (TPSA) is 55.0 Å². The van der Waals surface area contributed by atoms with Crippen LogP contribution in [0.4, 0.5) is 4.39 Å². The number of hydrogen-bond acceptors (Lipinski definition) is 3. The van der Waals surface area contributed by atoms with Crippen LogP contribution in [0.3, 0.4) is 0 Å². The second-order valence-electron chi connectivity index (χ2n) is 3.52. The number of hydrogen-bond donors (Lipinski definition) is 1. The Labute approximate surface area is 103 Å². The Hall–Kier alpha value is -2.43. The highest BCUT2D eigenvalue weighted by molar-refractivity contribution is 5.67. The molecular weight excluding hydrogens is 235 g/mol. The Bertz CT molecular complexity index is 635. The molecule has 0 aliphatic rings. The van der Waals surface area contributed by atoms with Crippen LogP contribution in [0.15, 0.2) is 35.3 Å². The molecule has 0 unspecified atom stereocenters. The fourth-order valence-corrected chi connectivity index (χ4v) is 1.45. The highest BCUT2D eigenvalue weighted by atomic mass is 19.1. The zero-order valence-corrected chi connectivity index (χ0v) is 9.68. The van der Waals surface area contributed by atoms with E-state index in [1.54, 1.807) is 12.1 Å². The van der Waals surface area contributed by atoms with Crippen LogP contribution in [-0.2, 0) is 0 Å². The van der Waals surface area contributed by atoms with Crippen LogP contribution >= 0.6 is 0 Å². The summed E-state index contributed by atoms with van der Waals surface area (Å²) in [7, 11) is 1.40. The summed E-state index contributed by atoms with van der Waals surface area (Å²) in [6.07, 6.45) is 4.44. The molecule has 0 amide bonds. The summed E-state index contributed by atoms with van der Waals surface area (Å²) < 4.78 is 18.7.